The molecule has 0 saturated carbocycles. The number of piperidine rings is 1. The summed E-state index contributed by atoms with van der Waals surface area (Å²) in [5.41, 5.74) is 0.813. The van der Waals surface area contributed by atoms with Crippen molar-refractivity contribution in [3.8, 4) is 0 Å². The van der Waals surface area contributed by atoms with Gasteiger partial charge in [0.1, 0.15) is 4.21 Å². The average molecular weight is 408 g/mol. The third-order valence-corrected chi connectivity index (χ3v) is 9.46. The molecule has 2 aliphatic rings. The molecule has 138 valence electrons. The molecule has 1 fully saturated rings. The fourth-order valence-corrected chi connectivity index (χ4v) is 7.49. The summed E-state index contributed by atoms with van der Waals surface area (Å²) >= 11 is 7.44. The molecule has 26 heavy (non-hydrogen) atoms. The van der Waals surface area contributed by atoms with Crippen LogP contribution in [0.1, 0.15) is 24.8 Å². The van der Waals surface area contributed by atoms with Gasteiger partial charge in [0.2, 0.25) is 0 Å². The van der Waals surface area contributed by atoms with E-state index in [-0.39, 0.29) is 0 Å². The van der Waals surface area contributed by atoms with Gasteiger partial charge in [-0.1, -0.05) is 35.9 Å². The fourth-order valence-electron chi connectivity index (χ4n) is 3.96. The van der Waals surface area contributed by atoms with Gasteiger partial charge in [-0.2, -0.15) is 4.31 Å². The highest BCUT2D eigenvalue weighted by molar-refractivity contribution is 7.91. The number of nitrogens with zero attached hydrogens (tertiary/aromatic N) is 1. The molecule has 0 radical (unpaired) electrons. The van der Waals surface area contributed by atoms with Crippen LogP contribution in [0.15, 0.2) is 46.7 Å². The number of thiophene rings is 1. The Morgan fingerprint density at radius 3 is 2.54 bits per heavy atom. The van der Waals surface area contributed by atoms with Crippen molar-refractivity contribution >= 4 is 43.0 Å². The van der Waals surface area contributed by atoms with E-state index in [0.717, 1.165) is 34.9 Å². The summed E-state index contributed by atoms with van der Waals surface area (Å²) in [7, 11) is -3.45. The minimum absolute atomic E-state index is 0.460. The molecule has 0 bridgehead atoms. The maximum Gasteiger partial charge on any atom is 0.252 e. The highest BCUT2D eigenvalue weighted by Crippen LogP contribution is 2.38. The summed E-state index contributed by atoms with van der Waals surface area (Å²) in [5, 5.41) is 1.57. The molecule has 1 aliphatic heterocycles. The lowest BCUT2D eigenvalue weighted by Gasteiger charge is -2.34. The van der Waals surface area contributed by atoms with Crippen LogP contribution in [0.3, 0.4) is 0 Å². The lowest BCUT2D eigenvalue weighted by molar-refractivity contribution is 0.250. The molecule has 0 atom stereocenters. The van der Waals surface area contributed by atoms with Crippen molar-refractivity contribution < 1.29 is 8.42 Å². The van der Waals surface area contributed by atoms with Crippen LogP contribution in [-0.2, 0) is 10.0 Å². The van der Waals surface area contributed by atoms with Crippen LogP contribution in [0.25, 0.3) is 10.1 Å². The second-order valence-corrected chi connectivity index (χ2v) is 10.7. The lowest BCUT2D eigenvalue weighted by Crippen LogP contribution is -2.39. The first-order valence-corrected chi connectivity index (χ1v) is 11.6. The Hall–Kier alpha value is -1.14. The van der Waals surface area contributed by atoms with Crippen molar-refractivity contribution in [2.24, 2.45) is 11.8 Å². The van der Waals surface area contributed by atoms with Crippen molar-refractivity contribution in [1.29, 1.82) is 0 Å². The third kappa shape index (κ3) is 3.26. The van der Waals surface area contributed by atoms with Crippen molar-refractivity contribution in [1.82, 2.24) is 4.31 Å². The normalized spacial score (nSPS) is 20.2. The third-order valence-electron chi connectivity index (χ3n) is 5.46. The number of halogens is 1. The molecule has 1 aliphatic carbocycles. The molecule has 2 aromatic rings. The van der Waals surface area contributed by atoms with Gasteiger partial charge in [0.25, 0.3) is 10.0 Å². The first kappa shape index (κ1) is 18.2. The van der Waals surface area contributed by atoms with Crippen molar-refractivity contribution in [2.45, 2.75) is 30.4 Å². The number of allylic oxidation sites excluding steroid dienone is 4. The van der Waals surface area contributed by atoms with Gasteiger partial charge < -0.3 is 0 Å². The van der Waals surface area contributed by atoms with Gasteiger partial charge in [0, 0.05) is 22.8 Å². The molecule has 1 aromatic carbocycles. The average Bonchev–Trinajstić information content (AvgIpc) is 2.99. The summed E-state index contributed by atoms with van der Waals surface area (Å²) < 4.78 is 29.5. The van der Waals surface area contributed by atoms with Crippen LogP contribution in [0.5, 0.6) is 0 Å². The van der Waals surface area contributed by atoms with Gasteiger partial charge in [0.15, 0.2) is 0 Å². The highest BCUT2D eigenvalue weighted by atomic mass is 35.5. The number of rotatable bonds is 3. The van der Waals surface area contributed by atoms with Gasteiger partial charge >= 0.3 is 0 Å². The molecule has 0 N–H and O–H groups in total. The van der Waals surface area contributed by atoms with Gasteiger partial charge in [0.05, 0.1) is 0 Å². The van der Waals surface area contributed by atoms with E-state index >= 15 is 0 Å². The van der Waals surface area contributed by atoms with E-state index in [1.54, 1.807) is 4.31 Å². The molecule has 6 heteroatoms. The molecule has 2 heterocycles. The number of benzene rings is 1. The summed E-state index contributed by atoms with van der Waals surface area (Å²) in [6.07, 6.45) is 11.8. The van der Waals surface area contributed by atoms with E-state index in [1.165, 1.54) is 11.3 Å². The largest absolute Gasteiger partial charge is 0.252 e. The second-order valence-electron chi connectivity index (χ2n) is 7.07. The first-order valence-electron chi connectivity index (χ1n) is 8.99. The van der Waals surface area contributed by atoms with E-state index in [4.69, 9.17) is 11.6 Å². The molecular weight excluding hydrogens is 386 g/mol. The van der Waals surface area contributed by atoms with Crippen LogP contribution in [-0.4, -0.2) is 25.8 Å². The predicted octanol–water partition coefficient (Wildman–Crippen LogP) is 5.40. The smallest absolute Gasteiger partial charge is 0.206 e. The Morgan fingerprint density at radius 1 is 1.15 bits per heavy atom. The van der Waals surface area contributed by atoms with Gasteiger partial charge in [-0.05, 0) is 67.2 Å². The van der Waals surface area contributed by atoms with Crippen molar-refractivity contribution in [2.75, 3.05) is 13.1 Å². The Labute approximate surface area is 164 Å². The number of aryl methyl sites for hydroxylation is 1. The summed E-state index contributed by atoms with van der Waals surface area (Å²) in [6, 6.07) is 5.57. The van der Waals surface area contributed by atoms with Gasteiger partial charge in [-0.15, -0.1) is 11.3 Å². The predicted molar refractivity (Wildman–Crippen MR) is 109 cm³/mol. The zero-order chi connectivity index (χ0) is 18.3. The quantitative estimate of drug-likeness (QED) is 0.639. The Balaban J connectivity index is 1.56. The standard InChI is InChI=1S/C20H22ClNO2S2/c1-14-18-13-17(21)7-8-19(18)25-20(14)26(23,24)22-11-9-16(10-12-22)15-5-3-2-4-6-15/h3-8,13,15-16H,2,9-12H2,1H3. The lowest BCUT2D eigenvalue weighted by atomic mass is 9.83. The van der Waals surface area contributed by atoms with E-state index in [2.05, 4.69) is 24.3 Å². The molecular formula is C20H22ClNO2S2. The Kier molecular flexibility index (Phi) is 4.99. The SMILES string of the molecule is Cc1c(S(=O)(=O)N2CCC(C3C=CCC=C3)CC2)sc2ccc(Cl)cc12. The minimum Gasteiger partial charge on any atom is -0.206 e. The van der Waals surface area contributed by atoms with Crippen LogP contribution in [0.2, 0.25) is 5.02 Å². The molecule has 1 aromatic heterocycles. The summed E-state index contributed by atoms with van der Waals surface area (Å²) in [4.78, 5) is 0. The molecule has 0 amide bonds. The van der Waals surface area contributed by atoms with Crippen LogP contribution < -0.4 is 0 Å². The molecule has 4 rings (SSSR count). The maximum absolute atomic E-state index is 13.2. The van der Waals surface area contributed by atoms with Crippen LogP contribution in [0, 0.1) is 18.8 Å². The monoisotopic (exact) mass is 407 g/mol. The molecule has 0 unspecified atom stereocenters. The maximum atomic E-state index is 13.2. The van der Waals surface area contributed by atoms with Gasteiger partial charge in [-0.25, -0.2) is 8.42 Å². The highest BCUT2D eigenvalue weighted by Gasteiger charge is 2.33. The Bertz CT molecular complexity index is 971. The van der Waals surface area contributed by atoms with Crippen LogP contribution in [0.4, 0.5) is 0 Å². The second kappa shape index (κ2) is 7.12. The summed E-state index contributed by atoms with van der Waals surface area (Å²) in [5.74, 6) is 0.998. The molecule has 3 nitrogen and oxygen atoms in total. The van der Waals surface area contributed by atoms with E-state index in [9.17, 15) is 8.42 Å². The zero-order valence-electron chi connectivity index (χ0n) is 14.7. The van der Waals surface area contributed by atoms with Crippen molar-refractivity contribution in [3.63, 3.8) is 0 Å². The zero-order valence-corrected chi connectivity index (χ0v) is 17.1. The topological polar surface area (TPSA) is 37.4 Å². The minimum atomic E-state index is -3.45. The van der Waals surface area contributed by atoms with E-state index in [0.29, 0.717) is 34.2 Å². The number of sulfonamides is 1. The number of hydrogen-bond acceptors (Lipinski definition) is 3. The van der Waals surface area contributed by atoms with Gasteiger partial charge in [-0.3, -0.25) is 0 Å². The molecule has 0 spiro atoms. The molecule has 1 saturated heterocycles. The van der Waals surface area contributed by atoms with Crippen LogP contribution >= 0.6 is 22.9 Å². The number of fused-ring (bicyclic) bond motifs is 1. The fraction of sp³-hybridized carbons (Fsp3) is 0.400. The first-order chi connectivity index (χ1) is 12.5. The summed E-state index contributed by atoms with van der Waals surface area (Å²) in [6.45, 7) is 3.08. The Morgan fingerprint density at radius 2 is 1.85 bits per heavy atom. The van der Waals surface area contributed by atoms with E-state index in [1.807, 2.05) is 25.1 Å². The van der Waals surface area contributed by atoms with E-state index < -0.39 is 10.0 Å². The van der Waals surface area contributed by atoms with Crippen molar-refractivity contribution in [3.05, 3.63) is 53.1 Å². The number of hydrogen-bond donors (Lipinski definition) is 0.